The molecule has 0 spiro atoms. The molecule has 0 heterocycles. The highest BCUT2D eigenvalue weighted by atomic mass is 19.4. The van der Waals surface area contributed by atoms with Gasteiger partial charge < -0.3 is 10.8 Å². The number of benzene rings is 1. The number of phenols is 1. The molecule has 0 bridgehead atoms. The third kappa shape index (κ3) is 2.88. The maximum Gasteiger partial charge on any atom is 0.416 e. The fraction of sp³-hybridized carbons (Fsp3) is 0.455. The summed E-state index contributed by atoms with van der Waals surface area (Å²) in [6.45, 7) is 1.92. The van der Waals surface area contributed by atoms with Gasteiger partial charge in [-0.25, -0.2) is 0 Å². The Balaban J connectivity index is 3.00. The SMILES string of the molecule is CCCC(N)c1ccc(C(F)(F)F)cc1O. The lowest BCUT2D eigenvalue weighted by Crippen LogP contribution is -2.11. The van der Waals surface area contributed by atoms with E-state index >= 15 is 0 Å². The van der Waals surface area contributed by atoms with Gasteiger partial charge in [0.05, 0.1) is 5.56 Å². The van der Waals surface area contributed by atoms with Gasteiger partial charge in [0, 0.05) is 11.6 Å². The number of hydrogen-bond acceptors (Lipinski definition) is 2. The van der Waals surface area contributed by atoms with E-state index < -0.39 is 23.5 Å². The first-order valence-corrected chi connectivity index (χ1v) is 5.02. The van der Waals surface area contributed by atoms with Crippen LogP contribution in [0.5, 0.6) is 5.75 Å². The molecule has 1 rings (SSSR count). The summed E-state index contributed by atoms with van der Waals surface area (Å²) in [5.74, 6) is -0.393. The van der Waals surface area contributed by atoms with E-state index in [2.05, 4.69) is 0 Å². The quantitative estimate of drug-likeness (QED) is 0.842. The van der Waals surface area contributed by atoms with Gasteiger partial charge in [-0.15, -0.1) is 0 Å². The van der Waals surface area contributed by atoms with E-state index in [9.17, 15) is 18.3 Å². The summed E-state index contributed by atoms with van der Waals surface area (Å²) >= 11 is 0. The molecule has 0 saturated heterocycles. The molecule has 0 aromatic heterocycles. The number of hydrogen-bond donors (Lipinski definition) is 2. The van der Waals surface area contributed by atoms with Crippen LogP contribution in [0, 0.1) is 0 Å². The molecule has 90 valence electrons. The van der Waals surface area contributed by atoms with Gasteiger partial charge in [-0.2, -0.15) is 13.2 Å². The lowest BCUT2D eigenvalue weighted by atomic mass is 10.0. The second-order valence-corrected chi connectivity index (χ2v) is 3.67. The topological polar surface area (TPSA) is 46.2 Å². The van der Waals surface area contributed by atoms with E-state index in [1.165, 1.54) is 6.07 Å². The second-order valence-electron chi connectivity index (χ2n) is 3.67. The van der Waals surface area contributed by atoms with E-state index in [1.807, 2.05) is 6.92 Å². The van der Waals surface area contributed by atoms with Crippen LogP contribution < -0.4 is 5.73 Å². The van der Waals surface area contributed by atoms with Crippen LogP contribution in [0.4, 0.5) is 13.2 Å². The molecule has 5 heteroatoms. The zero-order valence-corrected chi connectivity index (χ0v) is 8.88. The van der Waals surface area contributed by atoms with Crippen LogP contribution in [-0.4, -0.2) is 5.11 Å². The van der Waals surface area contributed by atoms with Crippen LogP contribution in [0.15, 0.2) is 18.2 Å². The molecule has 0 aliphatic heterocycles. The first kappa shape index (κ1) is 12.8. The molecule has 16 heavy (non-hydrogen) atoms. The number of aromatic hydroxyl groups is 1. The van der Waals surface area contributed by atoms with Gasteiger partial charge in [-0.1, -0.05) is 19.4 Å². The zero-order chi connectivity index (χ0) is 12.3. The molecular weight excluding hydrogens is 219 g/mol. The molecule has 0 amide bonds. The summed E-state index contributed by atoms with van der Waals surface area (Å²) < 4.78 is 36.9. The molecule has 0 aliphatic rings. The average molecular weight is 233 g/mol. The van der Waals surface area contributed by atoms with Crippen molar-refractivity contribution in [1.82, 2.24) is 0 Å². The van der Waals surface area contributed by atoms with Crippen molar-refractivity contribution in [3.8, 4) is 5.75 Å². The van der Waals surface area contributed by atoms with Crippen molar-refractivity contribution >= 4 is 0 Å². The third-order valence-corrected chi connectivity index (χ3v) is 2.36. The highest BCUT2D eigenvalue weighted by molar-refractivity contribution is 5.39. The van der Waals surface area contributed by atoms with Crippen molar-refractivity contribution in [3.63, 3.8) is 0 Å². The predicted molar refractivity (Wildman–Crippen MR) is 54.9 cm³/mol. The van der Waals surface area contributed by atoms with E-state index in [0.717, 1.165) is 12.5 Å². The fourth-order valence-electron chi connectivity index (χ4n) is 1.50. The summed E-state index contributed by atoms with van der Waals surface area (Å²) in [7, 11) is 0. The highest BCUT2D eigenvalue weighted by Gasteiger charge is 2.31. The summed E-state index contributed by atoms with van der Waals surface area (Å²) in [6, 6.07) is 2.46. The van der Waals surface area contributed by atoms with Gasteiger partial charge in [-0.3, -0.25) is 0 Å². The van der Waals surface area contributed by atoms with Crippen LogP contribution >= 0.6 is 0 Å². The lowest BCUT2D eigenvalue weighted by molar-refractivity contribution is -0.137. The molecular formula is C11H14F3NO. The van der Waals surface area contributed by atoms with E-state index in [0.29, 0.717) is 18.1 Å². The van der Waals surface area contributed by atoms with Crippen LogP contribution in [0.3, 0.4) is 0 Å². The average Bonchev–Trinajstić information content (AvgIpc) is 2.16. The maximum atomic E-state index is 12.3. The van der Waals surface area contributed by atoms with Gasteiger partial charge in [0.1, 0.15) is 5.75 Å². The summed E-state index contributed by atoms with van der Waals surface area (Å²) in [5, 5.41) is 9.47. The fourth-order valence-corrected chi connectivity index (χ4v) is 1.50. The Morgan fingerprint density at radius 3 is 2.44 bits per heavy atom. The van der Waals surface area contributed by atoms with Crippen LogP contribution in [0.1, 0.15) is 36.9 Å². The minimum atomic E-state index is -4.44. The molecule has 1 unspecified atom stereocenters. The second kappa shape index (κ2) is 4.74. The van der Waals surface area contributed by atoms with E-state index in [1.54, 1.807) is 0 Å². The Morgan fingerprint density at radius 2 is 2.00 bits per heavy atom. The largest absolute Gasteiger partial charge is 0.508 e. The number of phenolic OH excluding ortho intramolecular Hbond substituents is 1. The minimum Gasteiger partial charge on any atom is -0.508 e. The minimum absolute atomic E-state index is 0.356. The van der Waals surface area contributed by atoms with Crippen molar-refractivity contribution in [2.75, 3.05) is 0 Å². The Labute approximate surface area is 91.9 Å². The molecule has 0 radical (unpaired) electrons. The van der Waals surface area contributed by atoms with Crippen molar-refractivity contribution in [1.29, 1.82) is 0 Å². The van der Waals surface area contributed by atoms with Crippen molar-refractivity contribution < 1.29 is 18.3 Å². The van der Waals surface area contributed by atoms with Crippen molar-refractivity contribution in [2.24, 2.45) is 5.73 Å². The van der Waals surface area contributed by atoms with Crippen molar-refractivity contribution in [3.05, 3.63) is 29.3 Å². The number of nitrogens with two attached hydrogens (primary N) is 1. The van der Waals surface area contributed by atoms with E-state index in [4.69, 9.17) is 5.73 Å². The van der Waals surface area contributed by atoms with Crippen molar-refractivity contribution in [2.45, 2.75) is 32.0 Å². The molecule has 2 nitrogen and oxygen atoms in total. The van der Waals surface area contributed by atoms with Gasteiger partial charge in [0.15, 0.2) is 0 Å². The van der Waals surface area contributed by atoms with Crippen LogP contribution in [-0.2, 0) is 6.18 Å². The molecule has 1 aromatic rings. The molecule has 3 N–H and O–H groups in total. The summed E-state index contributed by atoms with van der Waals surface area (Å²) in [4.78, 5) is 0. The molecule has 0 aliphatic carbocycles. The Kier molecular flexibility index (Phi) is 3.80. The van der Waals surface area contributed by atoms with Gasteiger partial charge in [0.25, 0.3) is 0 Å². The van der Waals surface area contributed by atoms with Crippen LogP contribution in [0.25, 0.3) is 0 Å². The first-order chi connectivity index (χ1) is 7.36. The Bertz CT molecular complexity index is 363. The number of halogens is 3. The normalized spacial score (nSPS) is 13.8. The van der Waals surface area contributed by atoms with Crippen LogP contribution in [0.2, 0.25) is 0 Å². The molecule has 0 saturated carbocycles. The highest BCUT2D eigenvalue weighted by Crippen LogP contribution is 2.34. The predicted octanol–water partition coefficient (Wildman–Crippen LogP) is 3.21. The van der Waals surface area contributed by atoms with Gasteiger partial charge >= 0.3 is 6.18 Å². The first-order valence-electron chi connectivity index (χ1n) is 5.02. The molecule has 1 aromatic carbocycles. The smallest absolute Gasteiger partial charge is 0.416 e. The lowest BCUT2D eigenvalue weighted by Gasteiger charge is -2.14. The monoisotopic (exact) mass is 233 g/mol. The third-order valence-electron chi connectivity index (χ3n) is 2.36. The van der Waals surface area contributed by atoms with E-state index in [-0.39, 0.29) is 0 Å². The number of alkyl halides is 3. The summed E-state index contributed by atoms with van der Waals surface area (Å²) in [5.41, 5.74) is 5.22. The Hall–Kier alpha value is -1.23. The molecule has 1 atom stereocenters. The Morgan fingerprint density at radius 1 is 1.38 bits per heavy atom. The van der Waals surface area contributed by atoms with Gasteiger partial charge in [-0.05, 0) is 18.6 Å². The summed E-state index contributed by atoms with van der Waals surface area (Å²) in [6.07, 6.45) is -3.01. The van der Waals surface area contributed by atoms with Gasteiger partial charge in [0.2, 0.25) is 0 Å². The molecule has 0 fully saturated rings. The zero-order valence-electron chi connectivity index (χ0n) is 8.88. The standard InChI is InChI=1S/C11H14F3NO/c1-2-3-9(15)8-5-4-7(6-10(8)16)11(12,13)14/h4-6,9,16H,2-3,15H2,1H3. The number of rotatable bonds is 3. The maximum absolute atomic E-state index is 12.3.